The van der Waals surface area contributed by atoms with Crippen molar-refractivity contribution in [3.63, 3.8) is 0 Å². The molecule has 1 N–H and O–H groups in total. The number of aromatic nitrogens is 1. The molecule has 0 saturated carbocycles. The molecule has 8 nitrogen and oxygen atoms in total. The molecular weight excluding hydrogens is 408 g/mol. The molecule has 1 amide bonds. The number of nitrogens with zero attached hydrogens (tertiary/aromatic N) is 1. The Bertz CT molecular complexity index is 1110. The van der Waals surface area contributed by atoms with Gasteiger partial charge in [-0.3, -0.25) is 9.59 Å². The molecule has 156 valence electrons. The van der Waals surface area contributed by atoms with Gasteiger partial charge in [0.1, 0.15) is 5.76 Å². The van der Waals surface area contributed by atoms with Gasteiger partial charge in [-0.2, -0.15) is 0 Å². The monoisotopic (exact) mass is 428 g/mol. The van der Waals surface area contributed by atoms with E-state index >= 15 is 0 Å². The van der Waals surface area contributed by atoms with Gasteiger partial charge in [-0.05, 0) is 19.1 Å². The van der Waals surface area contributed by atoms with Crippen LogP contribution in [0.25, 0.3) is 0 Å². The number of carbonyl (C=O) groups is 2. The lowest BCUT2D eigenvalue weighted by Crippen LogP contribution is -2.26. The van der Waals surface area contributed by atoms with Crippen LogP contribution in [0.1, 0.15) is 23.8 Å². The van der Waals surface area contributed by atoms with Crippen molar-refractivity contribution in [2.75, 3.05) is 11.1 Å². The number of hydrogen-bond donors (Lipinski definition) is 1. The number of hydrogen-bond acceptors (Lipinski definition) is 7. The minimum atomic E-state index is -3.65. The fourth-order valence-electron chi connectivity index (χ4n) is 2.67. The number of sulfone groups is 1. The van der Waals surface area contributed by atoms with Crippen molar-refractivity contribution in [3.05, 3.63) is 78.1 Å². The molecule has 0 aliphatic carbocycles. The maximum atomic E-state index is 12.7. The number of esters is 1. The molecular formula is C21H20N2O6S. The molecule has 0 aliphatic heterocycles. The zero-order chi connectivity index (χ0) is 21.6. The summed E-state index contributed by atoms with van der Waals surface area (Å²) in [5, 5.41) is 6.21. The van der Waals surface area contributed by atoms with Crippen LogP contribution in [0.3, 0.4) is 0 Å². The molecule has 1 heterocycles. The van der Waals surface area contributed by atoms with Crippen LogP contribution in [0.15, 0.2) is 76.1 Å². The molecule has 0 fully saturated rings. The van der Waals surface area contributed by atoms with Crippen LogP contribution in [0.5, 0.6) is 0 Å². The lowest BCUT2D eigenvalue weighted by Gasteiger charge is -2.17. The summed E-state index contributed by atoms with van der Waals surface area (Å²) in [6, 6.07) is 17.8. The van der Waals surface area contributed by atoms with Gasteiger partial charge >= 0.3 is 5.97 Å². The van der Waals surface area contributed by atoms with Gasteiger partial charge in [-0.1, -0.05) is 53.7 Å². The molecule has 30 heavy (non-hydrogen) atoms. The van der Waals surface area contributed by atoms with Crippen LogP contribution in [-0.2, 0) is 24.2 Å². The summed E-state index contributed by atoms with van der Waals surface area (Å²) in [7, 11) is -3.65. The maximum absolute atomic E-state index is 12.7. The predicted molar refractivity (Wildman–Crippen MR) is 108 cm³/mol. The van der Waals surface area contributed by atoms with Crippen molar-refractivity contribution >= 4 is 27.5 Å². The Labute approximate surface area is 173 Å². The number of aryl methyl sites for hydroxylation is 1. The van der Waals surface area contributed by atoms with Gasteiger partial charge in [0.25, 0.3) is 5.91 Å². The molecule has 3 rings (SSSR count). The average Bonchev–Trinajstić information content (AvgIpc) is 3.16. The average molecular weight is 428 g/mol. The highest BCUT2D eigenvalue weighted by atomic mass is 32.2. The van der Waals surface area contributed by atoms with E-state index in [1.54, 1.807) is 55.5 Å². The van der Waals surface area contributed by atoms with E-state index in [1.807, 2.05) is 0 Å². The summed E-state index contributed by atoms with van der Waals surface area (Å²) in [6.07, 6.45) is -1.66. The number of rotatable bonds is 8. The van der Waals surface area contributed by atoms with E-state index in [0.717, 1.165) is 0 Å². The first-order valence-electron chi connectivity index (χ1n) is 9.11. The second-order valence-corrected chi connectivity index (χ2v) is 8.58. The number of carbonyl (C=O) groups excluding carboxylic acids is 2. The van der Waals surface area contributed by atoms with Gasteiger partial charge < -0.3 is 14.6 Å². The molecule has 0 saturated heterocycles. The quantitative estimate of drug-likeness (QED) is 0.548. The van der Waals surface area contributed by atoms with E-state index in [9.17, 15) is 18.0 Å². The van der Waals surface area contributed by atoms with E-state index in [2.05, 4.69) is 10.5 Å². The Kier molecular flexibility index (Phi) is 6.63. The lowest BCUT2D eigenvalue weighted by molar-refractivity contribution is -0.154. The van der Waals surface area contributed by atoms with Crippen molar-refractivity contribution in [2.45, 2.75) is 24.3 Å². The second kappa shape index (κ2) is 9.36. The molecule has 0 aliphatic rings. The fraction of sp³-hybridized carbons (Fsp3) is 0.190. The first-order valence-corrected chi connectivity index (χ1v) is 10.8. The zero-order valence-corrected chi connectivity index (χ0v) is 17.0. The van der Waals surface area contributed by atoms with Crippen LogP contribution < -0.4 is 5.32 Å². The minimum Gasteiger partial charge on any atom is -0.447 e. The van der Waals surface area contributed by atoms with Gasteiger partial charge in [-0.15, -0.1) is 0 Å². The van der Waals surface area contributed by atoms with Gasteiger partial charge in [-0.25, -0.2) is 8.42 Å². The van der Waals surface area contributed by atoms with Crippen LogP contribution in [0, 0.1) is 6.92 Å². The Morgan fingerprint density at radius 1 is 1.07 bits per heavy atom. The van der Waals surface area contributed by atoms with E-state index < -0.39 is 40.0 Å². The first kappa shape index (κ1) is 21.3. The number of amides is 1. The van der Waals surface area contributed by atoms with E-state index in [4.69, 9.17) is 9.26 Å². The van der Waals surface area contributed by atoms with Crippen molar-refractivity contribution < 1.29 is 27.3 Å². The summed E-state index contributed by atoms with van der Waals surface area (Å²) in [4.78, 5) is 25.2. The van der Waals surface area contributed by atoms with Crippen molar-refractivity contribution in [1.82, 2.24) is 5.16 Å². The molecule has 1 aromatic heterocycles. The first-order chi connectivity index (χ1) is 14.3. The van der Waals surface area contributed by atoms with Crippen molar-refractivity contribution in [1.29, 1.82) is 0 Å². The summed E-state index contributed by atoms with van der Waals surface area (Å²) in [5.41, 5.74) is 0.439. The summed E-state index contributed by atoms with van der Waals surface area (Å²) >= 11 is 0. The minimum absolute atomic E-state index is 0.122. The van der Waals surface area contributed by atoms with Crippen LogP contribution in [0.2, 0.25) is 0 Å². The number of benzene rings is 2. The Balaban J connectivity index is 1.69. The number of anilines is 1. The van der Waals surface area contributed by atoms with Gasteiger partial charge in [0.05, 0.1) is 17.1 Å². The highest BCUT2D eigenvalue weighted by Gasteiger charge is 2.27. The highest BCUT2D eigenvalue weighted by molar-refractivity contribution is 7.91. The predicted octanol–water partition coefficient (Wildman–Crippen LogP) is 3.07. The van der Waals surface area contributed by atoms with Gasteiger partial charge in [0.2, 0.25) is 6.10 Å². The second-order valence-electron chi connectivity index (χ2n) is 6.47. The smallest absolute Gasteiger partial charge is 0.307 e. The Hall–Kier alpha value is -3.46. The van der Waals surface area contributed by atoms with Crippen LogP contribution >= 0.6 is 0 Å². The van der Waals surface area contributed by atoms with E-state index in [1.165, 1.54) is 18.2 Å². The SMILES string of the molecule is Cc1cc(NC(=O)[C@@H](OC(=O)CCS(=O)(=O)c2ccccc2)c2ccccc2)no1. The lowest BCUT2D eigenvalue weighted by atomic mass is 10.1. The third-order valence-electron chi connectivity index (χ3n) is 4.15. The molecule has 2 aromatic carbocycles. The molecule has 0 spiro atoms. The topological polar surface area (TPSA) is 116 Å². The standard InChI is InChI=1S/C21H20N2O6S/c1-15-14-18(23-29-15)22-21(25)20(16-8-4-2-5-9-16)28-19(24)12-13-30(26,27)17-10-6-3-7-11-17/h2-11,14,20H,12-13H2,1H3,(H,22,23,25)/t20-/m0/s1. The summed E-state index contributed by atoms with van der Waals surface area (Å²) in [5.74, 6) is -1.18. The zero-order valence-electron chi connectivity index (χ0n) is 16.1. The van der Waals surface area contributed by atoms with Gasteiger partial charge in [0.15, 0.2) is 15.7 Å². The Morgan fingerprint density at radius 2 is 1.70 bits per heavy atom. The van der Waals surface area contributed by atoms with E-state index in [-0.39, 0.29) is 10.7 Å². The van der Waals surface area contributed by atoms with Crippen molar-refractivity contribution in [3.8, 4) is 0 Å². The maximum Gasteiger partial charge on any atom is 0.307 e. The normalized spacial score (nSPS) is 12.2. The Morgan fingerprint density at radius 3 is 2.30 bits per heavy atom. The van der Waals surface area contributed by atoms with Crippen LogP contribution in [0.4, 0.5) is 5.82 Å². The molecule has 0 bridgehead atoms. The summed E-state index contributed by atoms with van der Waals surface area (Å²) < 4.78 is 35.0. The van der Waals surface area contributed by atoms with Gasteiger partial charge in [0, 0.05) is 11.6 Å². The van der Waals surface area contributed by atoms with E-state index in [0.29, 0.717) is 11.3 Å². The summed E-state index contributed by atoms with van der Waals surface area (Å²) in [6.45, 7) is 1.67. The number of nitrogens with one attached hydrogen (secondary N) is 1. The molecule has 0 unspecified atom stereocenters. The molecule has 9 heteroatoms. The van der Waals surface area contributed by atoms with Crippen molar-refractivity contribution in [2.24, 2.45) is 0 Å². The number of ether oxygens (including phenoxy) is 1. The fourth-order valence-corrected chi connectivity index (χ4v) is 3.91. The van der Waals surface area contributed by atoms with Crippen LogP contribution in [-0.4, -0.2) is 31.2 Å². The highest BCUT2D eigenvalue weighted by Crippen LogP contribution is 2.21. The third-order valence-corrected chi connectivity index (χ3v) is 5.88. The molecule has 0 radical (unpaired) electrons. The largest absolute Gasteiger partial charge is 0.447 e. The third kappa shape index (κ3) is 5.54. The molecule has 3 aromatic rings. The molecule has 1 atom stereocenters.